The average Bonchev–Trinajstić information content (AvgIpc) is 3.43. The van der Waals surface area contributed by atoms with E-state index < -0.39 is 6.10 Å². The molecule has 1 aromatic carbocycles. The zero-order valence-electron chi connectivity index (χ0n) is 15.6. The smallest absolute Gasteiger partial charge is 0.268 e. The van der Waals surface area contributed by atoms with E-state index in [1.165, 1.54) is 11.3 Å². The maximum atomic E-state index is 12.7. The van der Waals surface area contributed by atoms with Crippen LogP contribution in [0.25, 0.3) is 0 Å². The molecule has 2 unspecified atom stereocenters. The highest BCUT2D eigenvalue weighted by Crippen LogP contribution is 2.28. The third kappa shape index (κ3) is 4.44. The molecule has 2 aliphatic heterocycles. The van der Waals surface area contributed by atoms with E-state index in [4.69, 9.17) is 22.2 Å². The fourth-order valence-corrected chi connectivity index (χ4v) is 4.72. The lowest BCUT2D eigenvalue weighted by Crippen LogP contribution is -2.40. The van der Waals surface area contributed by atoms with Gasteiger partial charge < -0.3 is 15.9 Å². The number of halogens is 1. The summed E-state index contributed by atoms with van der Waals surface area (Å²) in [5.74, 6) is -0.562. The van der Waals surface area contributed by atoms with Crippen molar-refractivity contribution >= 4 is 46.2 Å². The summed E-state index contributed by atoms with van der Waals surface area (Å²) in [5.41, 5.74) is 7.86. The SMILES string of the molecule is NC(=O)C1CCCN1Cc1ccccc1NC(=O)C1CC(c2ccc(Cl)s2)=NO1. The normalized spacial score (nSPS) is 21.6. The van der Waals surface area contributed by atoms with Crippen molar-refractivity contribution in [2.45, 2.75) is 38.0 Å². The lowest BCUT2D eigenvalue weighted by atomic mass is 10.1. The molecule has 2 aliphatic rings. The summed E-state index contributed by atoms with van der Waals surface area (Å²) >= 11 is 7.38. The number of carbonyl (C=O) groups is 2. The van der Waals surface area contributed by atoms with Crippen molar-refractivity contribution in [1.29, 1.82) is 0 Å². The molecule has 0 aliphatic carbocycles. The van der Waals surface area contributed by atoms with Crippen LogP contribution < -0.4 is 11.1 Å². The van der Waals surface area contributed by atoms with Crippen LogP contribution in [0.4, 0.5) is 5.69 Å². The van der Waals surface area contributed by atoms with Crippen LogP contribution in [-0.2, 0) is 21.0 Å². The van der Waals surface area contributed by atoms with Gasteiger partial charge in [-0.05, 0) is 43.1 Å². The summed E-state index contributed by atoms with van der Waals surface area (Å²) in [6.07, 6.45) is 1.40. The first-order valence-corrected chi connectivity index (χ1v) is 10.6. The van der Waals surface area contributed by atoms with Gasteiger partial charge in [-0.3, -0.25) is 14.5 Å². The van der Waals surface area contributed by atoms with Crippen molar-refractivity contribution in [1.82, 2.24) is 4.90 Å². The summed E-state index contributed by atoms with van der Waals surface area (Å²) in [5, 5.41) is 6.99. The largest absolute Gasteiger partial charge is 0.382 e. The number of hydrogen-bond acceptors (Lipinski definition) is 6. The minimum atomic E-state index is -0.691. The molecule has 2 atom stereocenters. The van der Waals surface area contributed by atoms with E-state index >= 15 is 0 Å². The highest BCUT2D eigenvalue weighted by Gasteiger charge is 2.31. The second-order valence-corrected chi connectivity index (χ2v) is 8.83. The topological polar surface area (TPSA) is 97.0 Å². The maximum Gasteiger partial charge on any atom is 0.268 e. The zero-order valence-corrected chi connectivity index (χ0v) is 17.2. The number of anilines is 1. The molecule has 0 spiro atoms. The Hall–Kier alpha value is -2.42. The van der Waals surface area contributed by atoms with Crippen LogP contribution >= 0.6 is 22.9 Å². The number of benzene rings is 1. The van der Waals surface area contributed by atoms with E-state index in [-0.39, 0.29) is 17.9 Å². The third-order valence-electron chi connectivity index (χ3n) is 5.16. The summed E-state index contributed by atoms with van der Waals surface area (Å²) in [6, 6.07) is 11.0. The Morgan fingerprint density at radius 2 is 2.14 bits per heavy atom. The lowest BCUT2D eigenvalue weighted by Gasteiger charge is -2.23. The quantitative estimate of drug-likeness (QED) is 0.733. The number of hydrogen-bond donors (Lipinski definition) is 2. The Labute approximate surface area is 177 Å². The Kier molecular flexibility index (Phi) is 5.84. The molecule has 4 rings (SSSR count). The second kappa shape index (κ2) is 8.52. The molecule has 1 aromatic heterocycles. The van der Waals surface area contributed by atoms with E-state index in [9.17, 15) is 9.59 Å². The molecule has 0 bridgehead atoms. The molecular weight excluding hydrogens is 412 g/mol. The Balaban J connectivity index is 1.41. The van der Waals surface area contributed by atoms with Crippen molar-refractivity contribution in [3.63, 3.8) is 0 Å². The molecule has 2 aromatic rings. The molecule has 9 heteroatoms. The predicted octanol–water partition coefficient (Wildman–Crippen LogP) is 2.98. The van der Waals surface area contributed by atoms with Gasteiger partial charge in [0.05, 0.1) is 15.3 Å². The van der Waals surface area contributed by atoms with Crippen LogP contribution in [0.2, 0.25) is 4.34 Å². The number of para-hydroxylation sites is 1. The van der Waals surface area contributed by atoms with Gasteiger partial charge in [-0.2, -0.15) is 0 Å². The van der Waals surface area contributed by atoms with Crippen LogP contribution in [0.3, 0.4) is 0 Å². The molecule has 1 saturated heterocycles. The number of amides is 2. The van der Waals surface area contributed by atoms with E-state index in [2.05, 4.69) is 15.4 Å². The lowest BCUT2D eigenvalue weighted by molar-refractivity contribution is -0.126. The number of carbonyl (C=O) groups excluding carboxylic acids is 2. The van der Waals surface area contributed by atoms with Gasteiger partial charge in [-0.1, -0.05) is 35.0 Å². The number of likely N-dealkylation sites (tertiary alicyclic amines) is 1. The number of nitrogens with one attached hydrogen (secondary N) is 1. The van der Waals surface area contributed by atoms with Crippen molar-refractivity contribution < 1.29 is 14.4 Å². The van der Waals surface area contributed by atoms with Crippen LogP contribution in [0.5, 0.6) is 0 Å². The fraction of sp³-hybridized carbons (Fsp3) is 0.350. The van der Waals surface area contributed by atoms with E-state index in [1.807, 2.05) is 30.3 Å². The van der Waals surface area contributed by atoms with E-state index in [0.29, 0.717) is 23.0 Å². The van der Waals surface area contributed by atoms with Crippen LogP contribution in [-0.4, -0.2) is 41.1 Å². The fourth-order valence-electron chi connectivity index (χ4n) is 3.68. The molecule has 0 saturated carbocycles. The second-order valence-electron chi connectivity index (χ2n) is 7.12. The summed E-state index contributed by atoms with van der Waals surface area (Å²) in [6.45, 7) is 1.35. The zero-order chi connectivity index (χ0) is 20.4. The predicted molar refractivity (Wildman–Crippen MR) is 113 cm³/mol. The van der Waals surface area contributed by atoms with Crippen LogP contribution in [0.15, 0.2) is 41.6 Å². The molecule has 0 radical (unpaired) electrons. The number of nitrogens with two attached hydrogens (primary N) is 1. The first-order valence-electron chi connectivity index (χ1n) is 9.42. The highest BCUT2D eigenvalue weighted by atomic mass is 35.5. The van der Waals surface area contributed by atoms with Crippen molar-refractivity contribution in [3.8, 4) is 0 Å². The van der Waals surface area contributed by atoms with Crippen molar-refractivity contribution in [3.05, 3.63) is 51.2 Å². The molecule has 7 nitrogen and oxygen atoms in total. The van der Waals surface area contributed by atoms with Gasteiger partial charge in [-0.25, -0.2) is 0 Å². The number of thiophene rings is 1. The van der Waals surface area contributed by atoms with Gasteiger partial charge in [0.1, 0.15) is 5.71 Å². The number of oxime groups is 1. The van der Waals surface area contributed by atoms with Gasteiger partial charge in [0.2, 0.25) is 12.0 Å². The van der Waals surface area contributed by atoms with Gasteiger partial charge in [0.15, 0.2) is 0 Å². The van der Waals surface area contributed by atoms with Gasteiger partial charge in [-0.15, -0.1) is 11.3 Å². The number of nitrogens with zero attached hydrogens (tertiary/aromatic N) is 2. The Bertz CT molecular complexity index is 961. The number of primary amides is 1. The highest BCUT2D eigenvalue weighted by molar-refractivity contribution is 7.18. The monoisotopic (exact) mass is 432 g/mol. The maximum absolute atomic E-state index is 12.7. The van der Waals surface area contributed by atoms with E-state index in [0.717, 1.165) is 35.5 Å². The van der Waals surface area contributed by atoms with E-state index in [1.54, 1.807) is 6.07 Å². The van der Waals surface area contributed by atoms with Gasteiger partial charge in [0.25, 0.3) is 5.91 Å². The van der Waals surface area contributed by atoms with Crippen molar-refractivity contribution in [2.24, 2.45) is 10.9 Å². The molecule has 2 amide bonds. The molecule has 3 N–H and O–H groups in total. The Morgan fingerprint density at radius 1 is 1.31 bits per heavy atom. The summed E-state index contributed by atoms with van der Waals surface area (Å²) in [4.78, 5) is 32.7. The molecule has 3 heterocycles. The number of rotatable bonds is 6. The minimum Gasteiger partial charge on any atom is -0.382 e. The van der Waals surface area contributed by atoms with Crippen molar-refractivity contribution in [2.75, 3.05) is 11.9 Å². The summed E-state index contributed by atoms with van der Waals surface area (Å²) in [7, 11) is 0. The molecule has 29 heavy (non-hydrogen) atoms. The standard InChI is InChI=1S/C20H21ClN4O3S/c21-18-8-7-17(29-18)14-10-16(28-24-14)20(27)23-13-5-2-1-4-12(13)11-25-9-3-6-15(25)19(22)26/h1-2,4-5,7-8,15-16H,3,6,9-11H2,(H2,22,26)(H,23,27). The third-order valence-corrected chi connectivity index (χ3v) is 6.44. The Morgan fingerprint density at radius 3 is 2.90 bits per heavy atom. The summed E-state index contributed by atoms with van der Waals surface area (Å²) < 4.78 is 0.667. The van der Waals surface area contributed by atoms with Gasteiger partial charge >= 0.3 is 0 Å². The molecular formula is C20H21ClN4O3S. The molecule has 1 fully saturated rings. The first kappa shape index (κ1) is 19.9. The minimum absolute atomic E-state index is 0.258. The van der Waals surface area contributed by atoms with Crippen LogP contribution in [0.1, 0.15) is 29.7 Å². The average molecular weight is 433 g/mol. The molecule has 152 valence electrons. The van der Waals surface area contributed by atoms with Gasteiger partial charge in [0, 0.05) is 18.7 Å². The van der Waals surface area contributed by atoms with Crippen LogP contribution in [0, 0.1) is 0 Å². The first-order chi connectivity index (χ1) is 14.0.